The maximum absolute atomic E-state index is 13.4. The average Bonchev–Trinajstić information content (AvgIpc) is 3.01. The zero-order valence-electron chi connectivity index (χ0n) is 23.9. The summed E-state index contributed by atoms with van der Waals surface area (Å²) in [5.74, 6) is 1.16. The van der Waals surface area contributed by atoms with Gasteiger partial charge < -0.3 is 20.3 Å². The largest absolute Gasteiger partial charge is 0.478 e. The van der Waals surface area contributed by atoms with Crippen LogP contribution in [0.25, 0.3) is 11.1 Å². The molecule has 43 heavy (non-hydrogen) atoms. The molecule has 5 rings (SSSR count). The molecule has 7 nitrogen and oxygen atoms in total. The van der Waals surface area contributed by atoms with Crippen LogP contribution in [0.4, 0.5) is 24.7 Å². The minimum atomic E-state index is -4.47. The van der Waals surface area contributed by atoms with E-state index >= 15 is 0 Å². The minimum Gasteiger partial charge on any atom is -0.478 e. The number of carbonyl (C=O) groups is 1. The monoisotopic (exact) mass is 589 g/mol. The van der Waals surface area contributed by atoms with Gasteiger partial charge in [-0.05, 0) is 92.8 Å². The number of benzene rings is 2. The Bertz CT molecular complexity index is 1540. The summed E-state index contributed by atoms with van der Waals surface area (Å²) in [4.78, 5) is 24.4. The van der Waals surface area contributed by atoms with Gasteiger partial charge >= 0.3 is 6.18 Å². The molecule has 4 aromatic rings. The van der Waals surface area contributed by atoms with Crippen molar-refractivity contribution in [3.05, 3.63) is 102 Å². The van der Waals surface area contributed by atoms with Gasteiger partial charge in [0.2, 0.25) is 5.88 Å². The number of pyridine rings is 2. The van der Waals surface area contributed by atoms with E-state index in [4.69, 9.17) is 4.74 Å². The van der Waals surface area contributed by atoms with E-state index in [9.17, 15) is 18.0 Å². The van der Waals surface area contributed by atoms with Gasteiger partial charge in [-0.15, -0.1) is 0 Å². The van der Waals surface area contributed by atoms with Gasteiger partial charge in [-0.2, -0.15) is 13.2 Å². The van der Waals surface area contributed by atoms with Crippen molar-refractivity contribution in [2.45, 2.75) is 32.0 Å². The highest BCUT2D eigenvalue weighted by Crippen LogP contribution is 2.35. The van der Waals surface area contributed by atoms with Crippen molar-refractivity contribution in [3.63, 3.8) is 0 Å². The van der Waals surface area contributed by atoms with E-state index in [1.165, 1.54) is 18.9 Å². The van der Waals surface area contributed by atoms with Crippen LogP contribution in [0.1, 0.15) is 40.7 Å². The third kappa shape index (κ3) is 8.10. The number of anilines is 2. The van der Waals surface area contributed by atoms with E-state index in [0.717, 1.165) is 37.2 Å². The second-order valence-corrected chi connectivity index (χ2v) is 10.7. The Morgan fingerprint density at radius 1 is 0.977 bits per heavy atom. The number of piperidine rings is 1. The lowest BCUT2D eigenvalue weighted by Crippen LogP contribution is -2.30. The zero-order valence-corrected chi connectivity index (χ0v) is 23.9. The predicted octanol–water partition coefficient (Wildman–Crippen LogP) is 7.14. The number of carbonyl (C=O) groups excluding carboxylic acids is 1. The zero-order chi connectivity index (χ0) is 30.2. The Labute approximate surface area is 249 Å². The summed E-state index contributed by atoms with van der Waals surface area (Å²) in [7, 11) is 2.15. The smallest absolute Gasteiger partial charge is 0.416 e. The lowest BCUT2D eigenvalue weighted by Gasteiger charge is -2.28. The molecule has 0 unspecified atom stereocenters. The van der Waals surface area contributed by atoms with Gasteiger partial charge in [-0.1, -0.05) is 30.3 Å². The first-order valence-corrected chi connectivity index (χ1v) is 14.3. The van der Waals surface area contributed by atoms with Crippen molar-refractivity contribution < 1.29 is 22.7 Å². The number of nitrogens with one attached hydrogen (secondary N) is 2. The van der Waals surface area contributed by atoms with Crippen molar-refractivity contribution in [1.82, 2.24) is 14.9 Å². The molecule has 0 saturated carbocycles. The highest BCUT2D eigenvalue weighted by Gasteiger charge is 2.30. The number of amides is 1. The summed E-state index contributed by atoms with van der Waals surface area (Å²) in [6.45, 7) is 3.25. The molecule has 0 spiro atoms. The fourth-order valence-electron chi connectivity index (χ4n) is 5.13. The molecule has 1 saturated heterocycles. The Morgan fingerprint density at radius 2 is 1.79 bits per heavy atom. The molecule has 0 atom stereocenters. The highest BCUT2D eigenvalue weighted by atomic mass is 19.4. The molecule has 3 heterocycles. The van der Waals surface area contributed by atoms with Crippen molar-refractivity contribution in [1.29, 1.82) is 0 Å². The second-order valence-electron chi connectivity index (χ2n) is 10.7. The van der Waals surface area contributed by atoms with Gasteiger partial charge in [0.15, 0.2) is 0 Å². The lowest BCUT2D eigenvalue weighted by atomic mass is 9.94. The Hall–Kier alpha value is -4.44. The van der Waals surface area contributed by atoms with Crippen molar-refractivity contribution in [2.24, 2.45) is 5.92 Å². The predicted molar refractivity (Wildman–Crippen MR) is 161 cm³/mol. The van der Waals surface area contributed by atoms with Crippen LogP contribution in [0.3, 0.4) is 0 Å². The van der Waals surface area contributed by atoms with Crippen LogP contribution in [0.5, 0.6) is 5.88 Å². The number of hydrogen-bond acceptors (Lipinski definition) is 6. The van der Waals surface area contributed by atoms with Crippen LogP contribution in [0, 0.1) is 5.92 Å². The molecular formula is C33H34F3N5O2. The summed E-state index contributed by atoms with van der Waals surface area (Å²) in [6, 6.07) is 18.8. The van der Waals surface area contributed by atoms with Crippen LogP contribution in [0.2, 0.25) is 0 Å². The van der Waals surface area contributed by atoms with E-state index in [0.29, 0.717) is 53.1 Å². The number of para-hydroxylation sites is 1. The molecular weight excluding hydrogens is 555 g/mol. The second kappa shape index (κ2) is 13.7. The van der Waals surface area contributed by atoms with Crippen molar-refractivity contribution >= 4 is 17.4 Å². The normalized spacial score (nSPS) is 14.3. The molecule has 224 valence electrons. The quantitative estimate of drug-likeness (QED) is 0.205. The number of rotatable bonds is 10. The van der Waals surface area contributed by atoms with E-state index in [1.54, 1.807) is 54.9 Å². The number of alkyl halides is 3. The van der Waals surface area contributed by atoms with Crippen LogP contribution in [-0.4, -0.2) is 47.5 Å². The molecule has 1 aliphatic rings. The first-order chi connectivity index (χ1) is 20.8. The number of ether oxygens (including phenoxy) is 1. The van der Waals surface area contributed by atoms with E-state index in [1.807, 2.05) is 12.1 Å². The molecule has 1 aliphatic heterocycles. The van der Waals surface area contributed by atoms with Gasteiger partial charge in [-0.25, -0.2) is 9.97 Å². The Kier molecular flexibility index (Phi) is 9.56. The van der Waals surface area contributed by atoms with Gasteiger partial charge in [0.25, 0.3) is 5.91 Å². The number of hydrogen-bond donors (Lipinski definition) is 2. The van der Waals surface area contributed by atoms with Crippen LogP contribution >= 0.6 is 0 Å². The maximum Gasteiger partial charge on any atom is 0.416 e. The molecule has 0 radical (unpaired) electrons. The van der Waals surface area contributed by atoms with Gasteiger partial charge in [0.1, 0.15) is 5.82 Å². The van der Waals surface area contributed by atoms with E-state index in [2.05, 4.69) is 32.5 Å². The maximum atomic E-state index is 13.4. The third-order valence-corrected chi connectivity index (χ3v) is 7.60. The Morgan fingerprint density at radius 3 is 2.60 bits per heavy atom. The first-order valence-electron chi connectivity index (χ1n) is 14.3. The fourth-order valence-corrected chi connectivity index (χ4v) is 5.13. The summed E-state index contributed by atoms with van der Waals surface area (Å²) in [5.41, 5.74) is 1.66. The van der Waals surface area contributed by atoms with Gasteiger partial charge in [0.05, 0.1) is 17.7 Å². The van der Waals surface area contributed by atoms with Crippen molar-refractivity contribution in [2.75, 3.05) is 37.4 Å². The van der Waals surface area contributed by atoms with Crippen LogP contribution in [-0.2, 0) is 12.7 Å². The molecule has 1 fully saturated rings. The average molecular weight is 590 g/mol. The Balaban J connectivity index is 1.23. The van der Waals surface area contributed by atoms with Crippen LogP contribution < -0.4 is 15.4 Å². The van der Waals surface area contributed by atoms with Crippen LogP contribution in [0.15, 0.2) is 85.2 Å². The summed E-state index contributed by atoms with van der Waals surface area (Å²) in [6.07, 6.45) is 2.18. The number of halogens is 3. The van der Waals surface area contributed by atoms with E-state index in [-0.39, 0.29) is 0 Å². The molecule has 10 heteroatoms. The minimum absolute atomic E-state index is 0.296. The van der Waals surface area contributed by atoms with Gasteiger partial charge in [-0.3, -0.25) is 4.79 Å². The lowest BCUT2D eigenvalue weighted by molar-refractivity contribution is -0.137. The summed E-state index contributed by atoms with van der Waals surface area (Å²) in [5, 5.41) is 6.07. The standard InChI is InChI=1S/C33H34F3N5O2/c1-41-17-12-23(13-18-41)14-19-43-30-20-24(11-16-37-30)22-39-31-28(9-5-15-38-31)32(42)40-29-10-3-2-8-27(29)25-6-4-7-26(21-25)33(34,35)36/h2-11,15-16,20-21,23H,12-14,17-19,22H2,1H3,(H,38,39)(H,40,42). The molecule has 0 aliphatic carbocycles. The van der Waals surface area contributed by atoms with Crippen molar-refractivity contribution in [3.8, 4) is 17.0 Å². The molecule has 0 bridgehead atoms. The van der Waals surface area contributed by atoms with E-state index < -0.39 is 17.6 Å². The summed E-state index contributed by atoms with van der Waals surface area (Å²) < 4.78 is 45.9. The number of likely N-dealkylation sites (tertiary alicyclic amines) is 1. The molecule has 2 aromatic carbocycles. The first kappa shape index (κ1) is 30.0. The number of aromatic nitrogens is 2. The molecule has 2 N–H and O–H groups in total. The fraction of sp³-hybridized carbons (Fsp3) is 0.303. The number of nitrogens with zero attached hydrogens (tertiary/aromatic N) is 3. The summed E-state index contributed by atoms with van der Waals surface area (Å²) >= 11 is 0. The topological polar surface area (TPSA) is 79.4 Å². The molecule has 1 amide bonds. The molecule has 2 aromatic heterocycles. The van der Waals surface area contributed by atoms with Gasteiger partial charge in [0, 0.05) is 36.3 Å². The highest BCUT2D eigenvalue weighted by molar-refractivity contribution is 6.09. The SMILES string of the molecule is CN1CCC(CCOc2cc(CNc3ncccc3C(=O)Nc3ccccc3-c3cccc(C(F)(F)F)c3)ccn2)CC1. The third-order valence-electron chi connectivity index (χ3n) is 7.60.